The van der Waals surface area contributed by atoms with Crippen molar-refractivity contribution in [2.75, 3.05) is 7.05 Å². The van der Waals surface area contributed by atoms with Gasteiger partial charge in [-0.1, -0.05) is 20.8 Å². The van der Waals surface area contributed by atoms with E-state index in [0.29, 0.717) is 18.2 Å². The molecule has 2 saturated heterocycles. The van der Waals surface area contributed by atoms with Gasteiger partial charge in [-0.3, -0.25) is 4.90 Å². The molecule has 106 valence electrons. The van der Waals surface area contributed by atoms with Crippen molar-refractivity contribution in [1.29, 1.82) is 0 Å². The molecule has 0 spiro atoms. The fourth-order valence-electron chi connectivity index (χ4n) is 3.09. The Labute approximate surface area is 113 Å². The maximum absolute atomic E-state index is 10.1. The monoisotopic (exact) mass is 271 g/mol. The molecule has 2 aliphatic heterocycles. The Kier molecular flexibility index (Phi) is 3.69. The van der Waals surface area contributed by atoms with Crippen LogP contribution in [0.3, 0.4) is 0 Å². The van der Waals surface area contributed by atoms with E-state index in [1.54, 1.807) is 0 Å². The van der Waals surface area contributed by atoms with E-state index in [1.165, 1.54) is 0 Å². The fraction of sp³-hybridized carbons (Fsp3) is 1.00. The van der Waals surface area contributed by atoms with E-state index in [9.17, 15) is 5.11 Å². The predicted molar refractivity (Wildman–Crippen MR) is 77.3 cm³/mol. The number of aliphatic hydroxyl groups excluding tert-OH is 1. The molecule has 2 rings (SSSR count). The van der Waals surface area contributed by atoms with Crippen molar-refractivity contribution in [2.45, 2.75) is 82.5 Å². The second kappa shape index (κ2) is 4.58. The van der Waals surface area contributed by atoms with Gasteiger partial charge in [0, 0.05) is 18.2 Å². The van der Waals surface area contributed by atoms with Crippen LogP contribution in [-0.2, 0) is 4.43 Å². The molecule has 0 aliphatic carbocycles. The predicted octanol–water partition coefficient (Wildman–Crippen LogP) is 2.60. The lowest BCUT2D eigenvalue weighted by molar-refractivity contribution is 0.0339. The summed E-state index contributed by atoms with van der Waals surface area (Å²) in [6, 6.07) is 0.840. The Morgan fingerprint density at radius 3 is 2.28 bits per heavy atom. The molecule has 2 heterocycles. The van der Waals surface area contributed by atoms with Crippen LogP contribution in [0.1, 0.15) is 40.0 Å². The summed E-state index contributed by atoms with van der Waals surface area (Å²) < 4.78 is 6.52. The molecule has 4 heteroatoms. The minimum atomic E-state index is -1.67. The Morgan fingerprint density at radius 1 is 1.17 bits per heavy atom. The van der Waals surface area contributed by atoms with Crippen LogP contribution in [0.2, 0.25) is 18.1 Å². The number of fused-ring (bicyclic) bond motifs is 2. The largest absolute Gasteiger partial charge is 0.414 e. The average Bonchev–Trinajstić information content (AvgIpc) is 2.38. The van der Waals surface area contributed by atoms with E-state index in [-0.39, 0.29) is 11.1 Å². The lowest BCUT2D eigenvalue weighted by Gasteiger charge is -2.43. The zero-order chi connectivity index (χ0) is 13.7. The first-order valence-electron chi connectivity index (χ1n) is 7.19. The summed E-state index contributed by atoms with van der Waals surface area (Å²) in [5.41, 5.74) is 0. The molecule has 0 aromatic heterocycles. The lowest BCUT2D eigenvalue weighted by atomic mass is 10.0. The molecule has 0 aromatic rings. The molecule has 0 amide bonds. The first-order valence-corrected chi connectivity index (χ1v) is 10.1. The van der Waals surface area contributed by atoms with Crippen molar-refractivity contribution >= 4 is 8.32 Å². The Hall–Kier alpha value is 0.0969. The zero-order valence-electron chi connectivity index (χ0n) is 12.7. The molecule has 2 bridgehead atoms. The number of aliphatic hydroxyl groups is 1. The highest BCUT2D eigenvalue weighted by Gasteiger charge is 2.47. The van der Waals surface area contributed by atoms with Gasteiger partial charge in [0.15, 0.2) is 8.32 Å². The quantitative estimate of drug-likeness (QED) is 0.784. The fourth-order valence-corrected chi connectivity index (χ4v) is 4.47. The molecule has 0 saturated carbocycles. The van der Waals surface area contributed by atoms with Crippen molar-refractivity contribution < 1.29 is 9.53 Å². The van der Waals surface area contributed by atoms with Crippen molar-refractivity contribution in [2.24, 2.45) is 0 Å². The highest BCUT2D eigenvalue weighted by atomic mass is 28.4. The van der Waals surface area contributed by atoms with E-state index < -0.39 is 8.32 Å². The first-order chi connectivity index (χ1) is 8.12. The summed E-state index contributed by atoms with van der Waals surface area (Å²) in [6.45, 7) is 11.5. The Morgan fingerprint density at radius 2 is 1.78 bits per heavy atom. The van der Waals surface area contributed by atoms with Crippen molar-refractivity contribution in [1.82, 2.24) is 4.90 Å². The summed E-state index contributed by atoms with van der Waals surface area (Å²) in [6.07, 6.45) is 3.23. The molecule has 4 unspecified atom stereocenters. The minimum Gasteiger partial charge on any atom is -0.414 e. The van der Waals surface area contributed by atoms with Gasteiger partial charge < -0.3 is 9.53 Å². The Bertz CT molecular complexity index is 313. The average molecular weight is 271 g/mol. The summed E-state index contributed by atoms with van der Waals surface area (Å²) >= 11 is 0. The van der Waals surface area contributed by atoms with Gasteiger partial charge >= 0.3 is 0 Å². The smallest absolute Gasteiger partial charge is 0.192 e. The van der Waals surface area contributed by atoms with Gasteiger partial charge in [0.05, 0.1) is 6.10 Å². The summed E-state index contributed by atoms with van der Waals surface area (Å²) in [5.74, 6) is 0. The third kappa shape index (κ3) is 2.53. The molecule has 0 radical (unpaired) electrons. The highest BCUT2D eigenvalue weighted by Crippen LogP contribution is 2.41. The number of hydrogen-bond acceptors (Lipinski definition) is 3. The van der Waals surface area contributed by atoms with E-state index in [4.69, 9.17) is 4.43 Å². The van der Waals surface area contributed by atoms with Crippen molar-refractivity contribution in [3.05, 3.63) is 0 Å². The second-order valence-corrected chi connectivity index (χ2v) is 12.4. The summed E-state index contributed by atoms with van der Waals surface area (Å²) in [7, 11) is 0.479. The van der Waals surface area contributed by atoms with Crippen LogP contribution in [0, 0.1) is 0 Å². The summed E-state index contributed by atoms with van der Waals surface area (Å²) in [4.78, 5) is 2.36. The van der Waals surface area contributed by atoms with Gasteiger partial charge in [0.2, 0.25) is 0 Å². The van der Waals surface area contributed by atoms with Crippen LogP contribution in [0.25, 0.3) is 0 Å². The van der Waals surface area contributed by atoms with Crippen LogP contribution in [-0.4, -0.2) is 49.7 Å². The van der Waals surface area contributed by atoms with Gasteiger partial charge in [-0.2, -0.15) is 0 Å². The molecule has 1 N–H and O–H groups in total. The molecule has 4 atom stereocenters. The molecule has 2 fully saturated rings. The number of likely N-dealkylation sites (N-methyl/N-ethyl adjacent to an activating group) is 1. The standard InChI is InChI=1S/C14H29NO2Si/c1-14(2,3)18(5,6)17-11-7-10-8-13(16)12(9-11)15(10)4/h10-13,16H,7-9H2,1-6H3. The molecule has 2 aliphatic rings. The molecular weight excluding hydrogens is 242 g/mol. The Balaban J connectivity index is 2.02. The number of rotatable bonds is 2. The van der Waals surface area contributed by atoms with Gasteiger partial charge in [-0.05, 0) is 44.4 Å². The maximum atomic E-state index is 10.1. The number of piperidine rings is 1. The first kappa shape index (κ1) is 14.5. The van der Waals surface area contributed by atoms with Gasteiger partial charge in [-0.25, -0.2) is 0 Å². The van der Waals surface area contributed by atoms with Gasteiger partial charge in [0.25, 0.3) is 0 Å². The van der Waals surface area contributed by atoms with Crippen LogP contribution in [0.15, 0.2) is 0 Å². The van der Waals surface area contributed by atoms with Crippen LogP contribution < -0.4 is 0 Å². The highest BCUT2D eigenvalue weighted by molar-refractivity contribution is 6.74. The van der Waals surface area contributed by atoms with Crippen LogP contribution in [0.4, 0.5) is 0 Å². The zero-order valence-corrected chi connectivity index (χ0v) is 13.7. The topological polar surface area (TPSA) is 32.7 Å². The van der Waals surface area contributed by atoms with E-state index >= 15 is 0 Å². The molecular formula is C14H29NO2Si. The third-order valence-corrected chi connectivity index (χ3v) is 9.90. The molecule has 18 heavy (non-hydrogen) atoms. The van der Waals surface area contributed by atoms with E-state index in [1.807, 2.05) is 0 Å². The normalized spacial score (nSPS) is 38.2. The lowest BCUT2D eigenvalue weighted by Crippen LogP contribution is -2.50. The number of hydrogen-bond donors (Lipinski definition) is 1. The number of nitrogens with zero attached hydrogens (tertiary/aromatic N) is 1. The van der Waals surface area contributed by atoms with Crippen molar-refractivity contribution in [3.63, 3.8) is 0 Å². The minimum absolute atomic E-state index is 0.145. The van der Waals surface area contributed by atoms with Crippen LogP contribution in [0.5, 0.6) is 0 Å². The molecule has 3 nitrogen and oxygen atoms in total. The van der Waals surface area contributed by atoms with E-state index in [2.05, 4.69) is 45.8 Å². The van der Waals surface area contributed by atoms with Gasteiger partial charge in [-0.15, -0.1) is 0 Å². The summed E-state index contributed by atoms with van der Waals surface area (Å²) in [5, 5.41) is 10.3. The third-order valence-electron chi connectivity index (χ3n) is 5.36. The van der Waals surface area contributed by atoms with E-state index in [0.717, 1.165) is 19.3 Å². The molecule has 0 aromatic carbocycles. The van der Waals surface area contributed by atoms with Crippen molar-refractivity contribution in [3.8, 4) is 0 Å². The maximum Gasteiger partial charge on any atom is 0.192 e. The SMILES string of the molecule is CN1C2CC(O[Si](C)(C)C(C)(C)C)CC1C(O)C2. The second-order valence-electron chi connectivity index (χ2n) is 7.66. The van der Waals surface area contributed by atoms with Gasteiger partial charge in [0.1, 0.15) is 0 Å². The van der Waals surface area contributed by atoms with Crippen LogP contribution >= 0.6 is 0 Å².